The normalized spacial score (nSPS) is 13.5. The van der Waals surface area contributed by atoms with Crippen LogP contribution < -0.4 is 0 Å². The van der Waals surface area contributed by atoms with Gasteiger partial charge in [-0.15, -0.1) is 5.69 Å². The first-order chi connectivity index (χ1) is 23.3. The summed E-state index contributed by atoms with van der Waals surface area (Å²) in [5, 5.41) is 3.67. The van der Waals surface area contributed by atoms with Crippen molar-refractivity contribution in [2.45, 2.75) is 5.92 Å². The van der Waals surface area contributed by atoms with Gasteiger partial charge in [0.2, 0.25) is 0 Å². The molecule has 2 heterocycles. The molecule has 9 aromatic rings. The number of nitrogens with zero attached hydrogens (tertiary/aromatic N) is 2. The number of fused-ring (bicyclic) bond motifs is 7. The standard InChI is InChI=1S/C45H28N2.Y/c1-4-14-30(15-5-1)45-36-22-11-10-20-34(36)37-27-39-38-26-31(24-25-43(38)47(44(39)28-40(37)45)33-18-8-3-9-19-33)41-29-46(32-16-6-2-7-17-32)42-23-13-12-21-35(41)42;/h1-16,18-28,45H;/q-2;. The maximum absolute atomic E-state index is 3.73. The van der Waals surface area contributed by atoms with Crippen LogP contribution in [-0.4, -0.2) is 9.13 Å². The van der Waals surface area contributed by atoms with Gasteiger partial charge in [0.05, 0.1) is 11.0 Å². The number of benzene rings is 7. The van der Waals surface area contributed by atoms with Gasteiger partial charge >= 0.3 is 0 Å². The Labute approximate surface area is 304 Å². The number of hydrogen-bond acceptors (Lipinski definition) is 0. The van der Waals surface area contributed by atoms with Gasteiger partial charge in [0.25, 0.3) is 0 Å². The van der Waals surface area contributed by atoms with Crippen LogP contribution in [-0.2, 0) is 32.7 Å². The van der Waals surface area contributed by atoms with Crippen molar-refractivity contribution in [1.29, 1.82) is 0 Å². The predicted octanol–water partition coefficient (Wildman–Crippen LogP) is 11.2. The van der Waals surface area contributed by atoms with E-state index in [0.29, 0.717) is 0 Å². The number of para-hydroxylation sites is 3. The maximum atomic E-state index is 3.73. The molecule has 0 spiro atoms. The molecule has 0 bridgehead atoms. The molecule has 0 saturated heterocycles. The molecule has 0 aliphatic heterocycles. The van der Waals surface area contributed by atoms with E-state index in [2.05, 4.69) is 173 Å². The molecular formula is C45H28N2Y-2. The monoisotopic (exact) mass is 685 g/mol. The van der Waals surface area contributed by atoms with Crippen molar-refractivity contribution in [2.24, 2.45) is 0 Å². The molecule has 7 aromatic carbocycles. The van der Waals surface area contributed by atoms with Crippen molar-refractivity contribution in [3.63, 3.8) is 0 Å². The summed E-state index contributed by atoms with van der Waals surface area (Å²) in [5.41, 5.74) is 14.6. The van der Waals surface area contributed by atoms with Gasteiger partial charge < -0.3 is 9.13 Å². The second-order valence-corrected chi connectivity index (χ2v) is 12.4. The molecule has 1 unspecified atom stereocenters. The quantitative estimate of drug-likeness (QED) is 0.163. The van der Waals surface area contributed by atoms with E-state index in [4.69, 9.17) is 0 Å². The first-order valence-electron chi connectivity index (χ1n) is 16.2. The molecule has 1 aliphatic rings. The fourth-order valence-electron chi connectivity index (χ4n) is 7.78. The second kappa shape index (κ2) is 11.6. The van der Waals surface area contributed by atoms with E-state index in [0.717, 1.165) is 28.0 Å². The van der Waals surface area contributed by atoms with E-state index in [1.54, 1.807) is 0 Å². The topological polar surface area (TPSA) is 9.86 Å². The van der Waals surface area contributed by atoms with Gasteiger partial charge in [0, 0.05) is 55.1 Å². The molecule has 3 heteroatoms. The minimum absolute atomic E-state index is 0. The largest absolute Gasteiger partial charge is 0.439 e. The Bertz CT molecular complexity index is 2610. The zero-order valence-corrected chi connectivity index (χ0v) is 29.0. The van der Waals surface area contributed by atoms with Crippen LogP contribution in [0.15, 0.2) is 164 Å². The Morgan fingerprint density at radius 2 is 1.23 bits per heavy atom. The van der Waals surface area contributed by atoms with Crippen molar-refractivity contribution in [3.05, 3.63) is 193 Å². The van der Waals surface area contributed by atoms with Crippen molar-refractivity contribution in [3.8, 4) is 33.6 Å². The Hall–Kier alpha value is -5.02. The van der Waals surface area contributed by atoms with E-state index in [1.165, 1.54) is 55.0 Å². The average molecular weight is 686 g/mol. The fourth-order valence-corrected chi connectivity index (χ4v) is 7.78. The van der Waals surface area contributed by atoms with Gasteiger partial charge in [0.15, 0.2) is 0 Å². The van der Waals surface area contributed by atoms with Crippen molar-refractivity contribution < 1.29 is 32.7 Å². The van der Waals surface area contributed by atoms with E-state index in [1.807, 2.05) is 12.1 Å². The van der Waals surface area contributed by atoms with Crippen LogP contribution in [0.4, 0.5) is 0 Å². The smallest absolute Gasteiger partial charge is 0.0544 e. The molecule has 0 amide bonds. The minimum atomic E-state index is 0. The van der Waals surface area contributed by atoms with E-state index in [9.17, 15) is 0 Å². The molecule has 223 valence electrons. The zero-order chi connectivity index (χ0) is 30.9. The van der Waals surface area contributed by atoms with E-state index >= 15 is 0 Å². The summed E-state index contributed by atoms with van der Waals surface area (Å²) in [4.78, 5) is 0. The molecule has 0 saturated carbocycles. The van der Waals surface area contributed by atoms with Crippen LogP contribution in [0.5, 0.6) is 0 Å². The Morgan fingerprint density at radius 1 is 0.500 bits per heavy atom. The molecule has 48 heavy (non-hydrogen) atoms. The third kappa shape index (κ3) is 4.40. The van der Waals surface area contributed by atoms with Gasteiger partial charge in [-0.25, -0.2) is 6.07 Å². The fraction of sp³-hybridized carbons (Fsp3) is 0.0222. The van der Waals surface area contributed by atoms with Crippen molar-refractivity contribution in [1.82, 2.24) is 9.13 Å². The molecular weight excluding hydrogens is 657 g/mol. The SMILES string of the molecule is [Y].[c-]1ccccc1-n1[c-]c(-c2ccc3c(c2)c2cc4c(cc2n3-c2ccccc2)C(c2ccccc2)c2ccccc2-4)c2ccccc21. The van der Waals surface area contributed by atoms with Crippen LogP contribution in [0.3, 0.4) is 0 Å². The van der Waals surface area contributed by atoms with Gasteiger partial charge in [-0.1, -0.05) is 126 Å². The zero-order valence-electron chi connectivity index (χ0n) is 26.1. The van der Waals surface area contributed by atoms with E-state index < -0.39 is 0 Å². The molecule has 0 fully saturated rings. The van der Waals surface area contributed by atoms with E-state index in [-0.39, 0.29) is 38.6 Å². The average Bonchev–Trinajstić information content (AvgIpc) is 3.79. The van der Waals surface area contributed by atoms with Gasteiger partial charge in [-0.05, 0) is 69.9 Å². The van der Waals surface area contributed by atoms with Gasteiger partial charge in [-0.2, -0.15) is 24.3 Å². The van der Waals surface area contributed by atoms with Gasteiger partial charge in [-0.3, -0.25) is 0 Å². The van der Waals surface area contributed by atoms with Crippen LogP contribution >= 0.6 is 0 Å². The van der Waals surface area contributed by atoms with Crippen molar-refractivity contribution in [2.75, 3.05) is 0 Å². The number of rotatable bonds is 4. The third-order valence-corrected chi connectivity index (χ3v) is 9.82. The molecule has 1 atom stereocenters. The summed E-state index contributed by atoms with van der Waals surface area (Å²) >= 11 is 0. The van der Waals surface area contributed by atoms with Gasteiger partial charge in [0.1, 0.15) is 0 Å². The molecule has 2 nitrogen and oxygen atoms in total. The molecule has 1 aliphatic carbocycles. The Balaban J connectivity index is 0.00000314. The number of hydrogen-bond donors (Lipinski definition) is 0. The van der Waals surface area contributed by atoms with Crippen LogP contribution in [0.1, 0.15) is 22.6 Å². The van der Waals surface area contributed by atoms with Crippen LogP contribution in [0.25, 0.3) is 66.3 Å². The Kier molecular flexibility index (Phi) is 7.04. The molecule has 2 aromatic heterocycles. The predicted molar refractivity (Wildman–Crippen MR) is 194 cm³/mol. The summed E-state index contributed by atoms with van der Waals surface area (Å²) in [7, 11) is 0. The Morgan fingerprint density at radius 3 is 2.06 bits per heavy atom. The third-order valence-electron chi connectivity index (χ3n) is 9.82. The summed E-state index contributed by atoms with van der Waals surface area (Å²) in [6, 6.07) is 62.5. The molecule has 0 N–H and O–H groups in total. The first-order valence-corrected chi connectivity index (χ1v) is 16.2. The van der Waals surface area contributed by atoms with Crippen LogP contribution in [0, 0.1) is 12.3 Å². The van der Waals surface area contributed by atoms with Crippen molar-refractivity contribution >= 4 is 32.7 Å². The molecule has 10 rings (SSSR count). The minimum Gasteiger partial charge on any atom is -0.439 e. The first kappa shape index (κ1) is 29.1. The number of aromatic nitrogens is 2. The summed E-state index contributed by atoms with van der Waals surface area (Å²) in [5.74, 6) is 0.195. The summed E-state index contributed by atoms with van der Waals surface area (Å²) in [6.07, 6.45) is 3.73. The second-order valence-electron chi connectivity index (χ2n) is 12.4. The maximum Gasteiger partial charge on any atom is 0.0544 e. The summed E-state index contributed by atoms with van der Waals surface area (Å²) < 4.78 is 4.57. The van der Waals surface area contributed by atoms with Crippen LogP contribution in [0.2, 0.25) is 0 Å². The molecule has 1 radical (unpaired) electrons. The summed E-state index contributed by atoms with van der Waals surface area (Å²) in [6.45, 7) is 0.